The monoisotopic (exact) mass is 391 g/mol. The molecule has 1 rings (SSSR count). The molecule has 0 atom stereocenters. The minimum Gasteiger partial charge on any atom is -0.385 e. The highest BCUT2D eigenvalue weighted by Crippen LogP contribution is 2.10. The van der Waals surface area contributed by atoms with Gasteiger partial charge in [-0.15, -0.1) is 24.0 Å². The smallest absolute Gasteiger partial charge is 0.193 e. The van der Waals surface area contributed by atoms with Gasteiger partial charge in [-0.3, -0.25) is 4.99 Å². The first-order chi connectivity index (χ1) is 9.26. The molecule has 0 aliphatic rings. The van der Waals surface area contributed by atoms with E-state index in [0.29, 0.717) is 5.96 Å². The number of aryl methyl sites for hydroxylation is 1. The SMILES string of the molecule is CCc1cccc(NC(N)=NCCCCCOC)c1.I. The summed E-state index contributed by atoms with van der Waals surface area (Å²) in [7, 11) is 1.73. The fourth-order valence-corrected chi connectivity index (χ4v) is 1.79. The van der Waals surface area contributed by atoms with Gasteiger partial charge in [0.05, 0.1) is 0 Å². The molecule has 5 heteroatoms. The normalized spacial score (nSPS) is 11.0. The molecular formula is C15H26IN3O. The van der Waals surface area contributed by atoms with E-state index in [-0.39, 0.29) is 24.0 Å². The fraction of sp³-hybridized carbons (Fsp3) is 0.533. The topological polar surface area (TPSA) is 59.6 Å². The van der Waals surface area contributed by atoms with Gasteiger partial charge in [0.15, 0.2) is 5.96 Å². The summed E-state index contributed by atoms with van der Waals surface area (Å²) < 4.78 is 5.00. The molecule has 0 unspecified atom stereocenters. The third kappa shape index (κ3) is 8.37. The standard InChI is InChI=1S/C15H25N3O.HI/c1-3-13-8-7-9-14(12-13)18-15(16)17-10-5-4-6-11-19-2;/h7-9,12H,3-6,10-11H2,1-2H3,(H3,16,17,18);1H. The molecule has 3 N–H and O–H groups in total. The molecule has 0 aliphatic carbocycles. The second kappa shape index (κ2) is 12.0. The first kappa shape index (κ1) is 19.2. The van der Waals surface area contributed by atoms with Crippen molar-refractivity contribution in [3.8, 4) is 0 Å². The Balaban J connectivity index is 0.00000361. The lowest BCUT2D eigenvalue weighted by Crippen LogP contribution is -2.22. The maximum Gasteiger partial charge on any atom is 0.193 e. The van der Waals surface area contributed by atoms with Gasteiger partial charge < -0.3 is 15.8 Å². The highest BCUT2D eigenvalue weighted by atomic mass is 127. The van der Waals surface area contributed by atoms with Crippen LogP contribution in [0.25, 0.3) is 0 Å². The Hall–Kier alpha value is -0.820. The van der Waals surface area contributed by atoms with Crippen molar-refractivity contribution in [3.05, 3.63) is 29.8 Å². The number of methoxy groups -OCH3 is 1. The Morgan fingerprint density at radius 3 is 2.80 bits per heavy atom. The van der Waals surface area contributed by atoms with Gasteiger partial charge >= 0.3 is 0 Å². The van der Waals surface area contributed by atoms with Crippen LogP contribution in [0.15, 0.2) is 29.3 Å². The largest absolute Gasteiger partial charge is 0.385 e. The predicted molar refractivity (Wildman–Crippen MR) is 97.1 cm³/mol. The lowest BCUT2D eigenvalue weighted by molar-refractivity contribution is 0.192. The molecule has 0 radical (unpaired) electrons. The van der Waals surface area contributed by atoms with E-state index in [9.17, 15) is 0 Å². The summed E-state index contributed by atoms with van der Waals surface area (Å²) in [6, 6.07) is 8.23. The van der Waals surface area contributed by atoms with Crippen molar-refractivity contribution < 1.29 is 4.74 Å². The molecule has 4 nitrogen and oxygen atoms in total. The van der Waals surface area contributed by atoms with Crippen molar-refractivity contribution in [1.29, 1.82) is 0 Å². The van der Waals surface area contributed by atoms with Gasteiger partial charge in [0, 0.05) is 25.9 Å². The number of nitrogens with two attached hydrogens (primary N) is 1. The predicted octanol–water partition coefficient (Wildman–Crippen LogP) is 3.41. The van der Waals surface area contributed by atoms with E-state index in [4.69, 9.17) is 10.5 Å². The van der Waals surface area contributed by atoms with Gasteiger partial charge in [0.1, 0.15) is 0 Å². The number of hydrogen-bond acceptors (Lipinski definition) is 2. The van der Waals surface area contributed by atoms with Gasteiger partial charge in [-0.05, 0) is 43.4 Å². The zero-order valence-corrected chi connectivity index (χ0v) is 14.7. The number of ether oxygens (including phenoxy) is 1. The molecule has 0 aromatic heterocycles. The van der Waals surface area contributed by atoms with Crippen LogP contribution in [0.2, 0.25) is 0 Å². The maximum atomic E-state index is 5.85. The average molecular weight is 391 g/mol. The lowest BCUT2D eigenvalue weighted by Gasteiger charge is -2.07. The van der Waals surface area contributed by atoms with E-state index >= 15 is 0 Å². The number of guanidine groups is 1. The summed E-state index contributed by atoms with van der Waals surface area (Å²) in [6.45, 7) is 3.72. The van der Waals surface area contributed by atoms with Gasteiger partial charge in [0.2, 0.25) is 0 Å². The Bertz CT molecular complexity index is 396. The highest BCUT2D eigenvalue weighted by molar-refractivity contribution is 14.0. The molecule has 0 saturated carbocycles. The number of hydrogen-bond donors (Lipinski definition) is 2. The average Bonchev–Trinajstić information content (AvgIpc) is 2.43. The molecular weight excluding hydrogens is 365 g/mol. The lowest BCUT2D eigenvalue weighted by atomic mass is 10.1. The van der Waals surface area contributed by atoms with E-state index in [0.717, 1.165) is 44.5 Å². The Kier molecular flexibility index (Phi) is 11.5. The summed E-state index contributed by atoms with van der Waals surface area (Å²) in [5.74, 6) is 0.486. The molecule has 0 heterocycles. The van der Waals surface area contributed by atoms with E-state index in [1.54, 1.807) is 7.11 Å². The fourth-order valence-electron chi connectivity index (χ4n) is 1.79. The summed E-state index contributed by atoms with van der Waals surface area (Å²) >= 11 is 0. The molecule has 0 bridgehead atoms. The number of benzene rings is 1. The van der Waals surface area contributed by atoms with Crippen LogP contribution in [0.5, 0.6) is 0 Å². The summed E-state index contributed by atoms with van der Waals surface area (Å²) in [5, 5.41) is 3.12. The number of anilines is 1. The molecule has 114 valence electrons. The van der Waals surface area contributed by atoms with Crippen molar-refractivity contribution in [3.63, 3.8) is 0 Å². The number of halogens is 1. The quantitative estimate of drug-likeness (QED) is 0.309. The van der Waals surface area contributed by atoms with Crippen molar-refractivity contribution in [2.75, 3.05) is 25.6 Å². The van der Waals surface area contributed by atoms with Crippen LogP contribution >= 0.6 is 24.0 Å². The summed E-state index contributed by atoms with van der Waals surface area (Å²) in [5.41, 5.74) is 8.14. The molecule has 20 heavy (non-hydrogen) atoms. The summed E-state index contributed by atoms with van der Waals surface area (Å²) in [4.78, 5) is 4.32. The van der Waals surface area contributed by atoms with Crippen LogP contribution < -0.4 is 11.1 Å². The number of rotatable bonds is 8. The minimum absolute atomic E-state index is 0. The summed E-state index contributed by atoms with van der Waals surface area (Å²) in [6.07, 6.45) is 4.26. The third-order valence-electron chi connectivity index (χ3n) is 2.90. The molecule has 0 saturated heterocycles. The van der Waals surface area contributed by atoms with Crippen LogP contribution in [-0.4, -0.2) is 26.2 Å². The Morgan fingerprint density at radius 2 is 2.10 bits per heavy atom. The zero-order valence-electron chi connectivity index (χ0n) is 12.4. The first-order valence-electron chi connectivity index (χ1n) is 6.91. The van der Waals surface area contributed by atoms with Crippen molar-refractivity contribution in [1.82, 2.24) is 0 Å². The van der Waals surface area contributed by atoms with E-state index in [1.807, 2.05) is 12.1 Å². The second-order valence-corrected chi connectivity index (χ2v) is 4.50. The number of nitrogens with one attached hydrogen (secondary N) is 1. The number of nitrogens with zero attached hydrogens (tertiary/aromatic N) is 1. The van der Waals surface area contributed by atoms with Crippen LogP contribution in [0, 0.1) is 0 Å². The van der Waals surface area contributed by atoms with E-state index in [1.165, 1.54) is 5.56 Å². The third-order valence-corrected chi connectivity index (χ3v) is 2.90. The van der Waals surface area contributed by atoms with Crippen LogP contribution in [0.4, 0.5) is 5.69 Å². The second-order valence-electron chi connectivity index (χ2n) is 4.50. The van der Waals surface area contributed by atoms with Crippen LogP contribution in [0.1, 0.15) is 31.7 Å². The zero-order chi connectivity index (χ0) is 13.9. The molecule has 0 amide bonds. The first-order valence-corrected chi connectivity index (χ1v) is 6.91. The molecule has 0 aliphatic heterocycles. The molecule has 1 aromatic rings. The van der Waals surface area contributed by atoms with Gasteiger partial charge in [-0.1, -0.05) is 19.1 Å². The number of unbranched alkanes of at least 4 members (excludes halogenated alkanes) is 2. The minimum atomic E-state index is 0. The van der Waals surface area contributed by atoms with Gasteiger partial charge in [-0.25, -0.2) is 0 Å². The van der Waals surface area contributed by atoms with E-state index in [2.05, 4.69) is 29.4 Å². The Morgan fingerprint density at radius 1 is 1.30 bits per heavy atom. The molecule has 0 spiro atoms. The van der Waals surface area contributed by atoms with Crippen LogP contribution in [0.3, 0.4) is 0 Å². The van der Waals surface area contributed by atoms with E-state index < -0.39 is 0 Å². The van der Waals surface area contributed by atoms with Crippen molar-refractivity contribution >= 4 is 35.6 Å². The molecule has 1 aromatic carbocycles. The van der Waals surface area contributed by atoms with Gasteiger partial charge in [-0.2, -0.15) is 0 Å². The Labute approximate surface area is 139 Å². The van der Waals surface area contributed by atoms with Gasteiger partial charge in [0.25, 0.3) is 0 Å². The highest BCUT2D eigenvalue weighted by Gasteiger charge is 1.96. The maximum absolute atomic E-state index is 5.85. The van der Waals surface area contributed by atoms with Crippen molar-refractivity contribution in [2.45, 2.75) is 32.6 Å². The van der Waals surface area contributed by atoms with Crippen molar-refractivity contribution in [2.24, 2.45) is 10.7 Å². The van der Waals surface area contributed by atoms with Crippen LogP contribution in [-0.2, 0) is 11.2 Å². The molecule has 0 fully saturated rings. The number of aliphatic imine (C=N–C) groups is 1.